The van der Waals surface area contributed by atoms with E-state index in [1.807, 2.05) is 0 Å². The predicted octanol–water partition coefficient (Wildman–Crippen LogP) is 1.08. The Morgan fingerprint density at radius 2 is 2.13 bits per heavy atom. The maximum Gasteiger partial charge on any atom is 0.263 e. The average Bonchev–Trinajstić information content (AvgIpc) is 2.17. The summed E-state index contributed by atoms with van der Waals surface area (Å²) in [7, 11) is 0. The number of aromatic nitrogens is 3. The SMILES string of the molecule is Nc1[nH]c(=S)[nH]c(=O)c1-c1ccccn1. The number of hydrogen-bond donors (Lipinski definition) is 3. The largest absolute Gasteiger partial charge is 0.384 e. The van der Waals surface area contributed by atoms with E-state index in [0.717, 1.165) is 0 Å². The summed E-state index contributed by atoms with van der Waals surface area (Å²) in [6.45, 7) is 0. The molecule has 4 N–H and O–H groups in total. The van der Waals surface area contributed by atoms with E-state index < -0.39 is 0 Å². The molecule has 0 aliphatic rings. The number of aromatic amines is 2. The molecule has 0 fully saturated rings. The molecule has 0 amide bonds. The lowest BCUT2D eigenvalue weighted by Gasteiger charge is -2.02. The van der Waals surface area contributed by atoms with E-state index in [4.69, 9.17) is 18.0 Å². The van der Waals surface area contributed by atoms with Crippen molar-refractivity contribution >= 4 is 18.0 Å². The van der Waals surface area contributed by atoms with Crippen molar-refractivity contribution in [2.24, 2.45) is 0 Å². The number of nitrogens with zero attached hydrogens (tertiary/aromatic N) is 1. The van der Waals surface area contributed by atoms with Crippen LogP contribution in [0, 0.1) is 4.77 Å². The summed E-state index contributed by atoms with van der Waals surface area (Å²) in [6, 6.07) is 5.25. The Morgan fingerprint density at radius 1 is 1.33 bits per heavy atom. The molecule has 0 aliphatic heterocycles. The smallest absolute Gasteiger partial charge is 0.263 e. The van der Waals surface area contributed by atoms with Gasteiger partial charge in [0.15, 0.2) is 4.77 Å². The third kappa shape index (κ3) is 1.79. The van der Waals surface area contributed by atoms with E-state index in [2.05, 4.69) is 15.0 Å². The van der Waals surface area contributed by atoms with Crippen LogP contribution in [0.1, 0.15) is 0 Å². The fraction of sp³-hybridized carbons (Fsp3) is 0. The molecule has 2 rings (SSSR count). The highest BCUT2D eigenvalue weighted by atomic mass is 32.1. The minimum atomic E-state index is -0.338. The van der Waals surface area contributed by atoms with Crippen molar-refractivity contribution in [3.8, 4) is 11.3 Å². The molecular formula is C9H8N4OS. The lowest BCUT2D eigenvalue weighted by molar-refractivity contribution is 1.09. The summed E-state index contributed by atoms with van der Waals surface area (Å²) in [5.74, 6) is 0.224. The molecule has 76 valence electrons. The van der Waals surface area contributed by atoms with Crippen LogP contribution < -0.4 is 11.3 Å². The Hall–Kier alpha value is -1.95. The van der Waals surface area contributed by atoms with Gasteiger partial charge in [-0.05, 0) is 24.4 Å². The molecule has 5 nitrogen and oxygen atoms in total. The number of nitrogen functional groups attached to an aromatic ring is 1. The van der Waals surface area contributed by atoms with E-state index in [0.29, 0.717) is 11.3 Å². The molecule has 0 unspecified atom stereocenters. The van der Waals surface area contributed by atoms with Gasteiger partial charge in [0.25, 0.3) is 5.56 Å². The van der Waals surface area contributed by atoms with Crippen molar-refractivity contribution in [3.05, 3.63) is 39.5 Å². The molecule has 2 aromatic rings. The molecule has 6 heteroatoms. The van der Waals surface area contributed by atoms with Crippen LogP contribution in [-0.4, -0.2) is 15.0 Å². The number of nitrogens with one attached hydrogen (secondary N) is 2. The minimum Gasteiger partial charge on any atom is -0.384 e. The van der Waals surface area contributed by atoms with Crippen LogP contribution in [-0.2, 0) is 0 Å². The number of pyridine rings is 1. The van der Waals surface area contributed by atoms with E-state index in [-0.39, 0.29) is 16.1 Å². The Morgan fingerprint density at radius 3 is 2.73 bits per heavy atom. The van der Waals surface area contributed by atoms with Gasteiger partial charge in [-0.1, -0.05) is 6.07 Å². The first kappa shape index (κ1) is 9.60. The van der Waals surface area contributed by atoms with Gasteiger partial charge in [0.1, 0.15) is 11.4 Å². The second-order valence-corrected chi connectivity index (χ2v) is 3.32. The molecule has 0 aromatic carbocycles. The number of H-pyrrole nitrogens is 2. The van der Waals surface area contributed by atoms with Crippen molar-refractivity contribution in [1.82, 2.24) is 15.0 Å². The van der Waals surface area contributed by atoms with Gasteiger partial charge in [0.05, 0.1) is 5.69 Å². The van der Waals surface area contributed by atoms with Crippen LogP contribution in [0.15, 0.2) is 29.2 Å². The van der Waals surface area contributed by atoms with E-state index in [9.17, 15) is 4.79 Å². The van der Waals surface area contributed by atoms with Gasteiger partial charge in [0, 0.05) is 6.20 Å². The van der Waals surface area contributed by atoms with Crippen molar-refractivity contribution in [2.45, 2.75) is 0 Å². The zero-order valence-electron chi connectivity index (χ0n) is 7.65. The fourth-order valence-electron chi connectivity index (χ4n) is 1.27. The van der Waals surface area contributed by atoms with Crippen molar-refractivity contribution < 1.29 is 0 Å². The third-order valence-corrected chi connectivity index (χ3v) is 2.10. The quantitative estimate of drug-likeness (QED) is 0.627. The zero-order chi connectivity index (χ0) is 10.8. The number of rotatable bonds is 1. The van der Waals surface area contributed by atoms with Gasteiger partial charge in [-0.3, -0.25) is 14.8 Å². The highest BCUT2D eigenvalue weighted by Gasteiger charge is 2.08. The molecule has 0 spiro atoms. The predicted molar refractivity (Wildman–Crippen MR) is 59.9 cm³/mol. The monoisotopic (exact) mass is 220 g/mol. The van der Waals surface area contributed by atoms with Crippen LogP contribution in [0.25, 0.3) is 11.3 Å². The van der Waals surface area contributed by atoms with Gasteiger partial charge in [-0.2, -0.15) is 0 Å². The summed E-state index contributed by atoms with van der Waals surface area (Å²) < 4.78 is 0.206. The van der Waals surface area contributed by atoms with Gasteiger partial charge < -0.3 is 10.7 Å². The maximum atomic E-state index is 11.6. The lowest BCUT2D eigenvalue weighted by atomic mass is 10.2. The molecular weight excluding hydrogens is 212 g/mol. The summed E-state index contributed by atoms with van der Waals surface area (Å²) in [6.07, 6.45) is 1.59. The maximum absolute atomic E-state index is 11.6. The number of anilines is 1. The Bertz CT molecular complexity index is 587. The number of hydrogen-bond acceptors (Lipinski definition) is 4. The highest BCUT2D eigenvalue weighted by Crippen LogP contribution is 2.15. The molecule has 0 saturated carbocycles. The molecule has 0 bridgehead atoms. The van der Waals surface area contributed by atoms with E-state index in [1.54, 1.807) is 24.4 Å². The summed E-state index contributed by atoms with van der Waals surface area (Å²) >= 11 is 4.79. The normalized spacial score (nSPS) is 10.1. The first-order valence-electron chi connectivity index (χ1n) is 4.22. The zero-order valence-corrected chi connectivity index (χ0v) is 8.47. The standard InChI is InChI=1S/C9H8N4OS/c10-7-6(5-3-1-2-4-11-5)8(14)13-9(15)12-7/h1-4H,(H4,10,12,13,14,15). The summed E-state index contributed by atoms with van der Waals surface area (Å²) in [4.78, 5) is 20.8. The Labute approximate surface area is 90.0 Å². The van der Waals surface area contributed by atoms with Gasteiger partial charge in [-0.25, -0.2) is 0 Å². The highest BCUT2D eigenvalue weighted by molar-refractivity contribution is 7.71. The van der Waals surface area contributed by atoms with Crippen molar-refractivity contribution in [3.63, 3.8) is 0 Å². The molecule has 15 heavy (non-hydrogen) atoms. The average molecular weight is 220 g/mol. The van der Waals surface area contributed by atoms with Gasteiger partial charge >= 0.3 is 0 Å². The topological polar surface area (TPSA) is 87.6 Å². The Kier molecular flexibility index (Phi) is 2.34. The van der Waals surface area contributed by atoms with Gasteiger partial charge in [0.2, 0.25) is 0 Å². The summed E-state index contributed by atoms with van der Waals surface area (Å²) in [5, 5.41) is 0. The first-order valence-corrected chi connectivity index (χ1v) is 4.63. The lowest BCUT2D eigenvalue weighted by Crippen LogP contribution is -2.14. The van der Waals surface area contributed by atoms with Crippen LogP contribution in [0.5, 0.6) is 0 Å². The first-order chi connectivity index (χ1) is 7.18. The molecule has 2 aromatic heterocycles. The minimum absolute atomic E-state index is 0.206. The van der Waals surface area contributed by atoms with E-state index >= 15 is 0 Å². The van der Waals surface area contributed by atoms with Crippen LogP contribution in [0.4, 0.5) is 5.82 Å². The third-order valence-electron chi connectivity index (χ3n) is 1.89. The molecule has 0 radical (unpaired) electrons. The van der Waals surface area contributed by atoms with Crippen LogP contribution >= 0.6 is 12.2 Å². The number of nitrogens with two attached hydrogens (primary N) is 1. The second-order valence-electron chi connectivity index (χ2n) is 2.91. The Balaban J connectivity index is 2.75. The van der Waals surface area contributed by atoms with Crippen molar-refractivity contribution in [1.29, 1.82) is 0 Å². The van der Waals surface area contributed by atoms with Crippen LogP contribution in [0.3, 0.4) is 0 Å². The molecule has 0 aliphatic carbocycles. The second kappa shape index (κ2) is 3.66. The van der Waals surface area contributed by atoms with Crippen LogP contribution in [0.2, 0.25) is 0 Å². The van der Waals surface area contributed by atoms with Crippen molar-refractivity contribution in [2.75, 3.05) is 5.73 Å². The molecule has 2 heterocycles. The van der Waals surface area contributed by atoms with Gasteiger partial charge in [-0.15, -0.1) is 0 Å². The molecule has 0 atom stereocenters. The molecule has 0 saturated heterocycles. The van der Waals surface area contributed by atoms with E-state index in [1.165, 1.54) is 0 Å². The fourth-order valence-corrected chi connectivity index (χ4v) is 1.47. The summed E-state index contributed by atoms with van der Waals surface area (Å²) in [5.41, 5.74) is 6.16.